The molecule has 1 aliphatic rings. The van der Waals surface area contributed by atoms with Gasteiger partial charge in [0.2, 0.25) is 5.91 Å². The summed E-state index contributed by atoms with van der Waals surface area (Å²) >= 11 is 0. The Morgan fingerprint density at radius 1 is 1.29 bits per heavy atom. The maximum absolute atomic E-state index is 12.0. The molecule has 2 N–H and O–H groups in total. The molecular formula is C20H32N2O2. The minimum atomic E-state index is 0.140. The Morgan fingerprint density at radius 2 is 2.00 bits per heavy atom. The van der Waals surface area contributed by atoms with Crippen LogP contribution in [0.4, 0.5) is 0 Å². The van der Waals surface area contributed by atoms with Crippen molar-refractivity contribution in [1.82, 2.24) is 10.6 Å². The van der Waals surface area contributed by atoms with Crippen molar-refractivity contribution in [3.8, 4) is 5.75 Å². The van der Waals surface area contributed by atoms with E-state index in [0.717, 1.165) is 31.6 Å². The highest BCUT2D eigenvalue weighted by molar-refractivity contribution is 5.76. The van der Waals surface area contributed by atoms with E-state index in [1.807, 2.05) is 12.1 Å². The van der Waals surface area contributed by atoms with Crippen LogP contribution in [0.5, 0.6) is 5.75 Å². The van der Waals surface area contributed by atoms with Gasteiger partial charge < -0.3 is 15.4 Å². The van der Waals surface area contributed by atoms with Gasteiger partial charge in [0.15, 0.2) is 0 Å². The SMILES string of the molecule is CC1CC(NC(=O)CCCOc2ccc(C(C)(C)C)cc2)CCN1. The lowest BCUT2D eigenvalue weighted by atomic mass is 9.87. The smallest absolute Gasteiger partial charge is 0.220 e. The Kier molecular flexibility index (Phi) is 6.67. The van der Waals surface area contributed by atoms with E-state index in [9.17, 15) is 4.79 Å². The first-order valence-corrected chi connectivity index (χ1v) is 9.10. The monoisotopic (exact) mass is 332 g/mol. The lowest BCUT2D eigenvalue weighted by molar-refractivity contribution is -0.122. The predicted molar refractivity (Wildman–Crippen MR) is 98.5 cm³/mol. The van der Waals surface area contributed by atoms with Crippen LogP contribution in [0.25, 0.3) is 0 Å². The molecule has 0 bridgehead atoms. The number of rotatable bonds is 6. The third-order valence-corrected chi connectivity index (χ3v) is 4.53. The van der Waals surface area contributed by atoms with E-state index in [1.165, 1.54) is 5.56 Å². The molecule has 4 nitrogen and oxygen atoms in total. The number of carbonyl (C=O) groups is 1. The van der Waals surface area contributed by atoms with Gasteiger partial charge in [0.05, 0.1) is 6.61 Å². The molecule has 0 spiro atoms. The standard InChI is InChI=1S/C20H32N2O2/c1-15-14-17(11-12-21-15)22-19(23)6-5-13-24-18-9-7-16(8-10-18)20(2,3)4/h7-10,15,17,21H,5-6,11-14H2,1-4H3,(H,22,23). The molecule has 1 saturated heterocycles. The minimum absolute atomic E-state index is 0.140. The van der Waals surface area contributed by atoms with Gasteiger partial charge >= 0.3 is 0 Å². The molecule has 2 rings (SSSR count). The van der Waals surface area contributed by atoms with Crippen LogP contribution in [-0.2, 0) is 10.2 Å². The molecule has 1 aromatic rings. The van der Waals surface area contributed by atoms with E-state index in [-0.39, 0.29) is 11.3 Å². The van der Waals surface area contributed by atoms with Crippen molar-refractivity contribution in [2.24, 2.45) is 0 Å². The van der Waals surface area contributed by atoms with Crippen molar-refractivity contribution >= 4 is 5.91 Å². The summed E-state index contributed by atoms with van der Waals surface area (Å²) in [4.78, 5) is 12.0. The van der Waals surface area contributed by atoms with Crippen molar-refractivity contribution in [2.75, 3.05) is 13.2 Å². The third kappa shape index (κ3) is 6.16. The molecule has 1 amide bonds. The first-order valence-electron chi connectivity index (χ1n) is 9.10. The Balaban J connectivity index is 1.64. The number of amides is 1. The molecule has 1 heterocycles. The van der Waals surface area contributed by atoms with E-state index in [0.29, 0.717) is 25.1 Å². The molecule has 0 aliphatic carbocycles. The third-order valence-electron chi connectivity index (χ3n) is 4.53. The van der Waals surface area contributed by atoms with E-state index >= 15 is 0 Å². The van der Waals surface area contributed by atoms with Crippen molar-refractivity contribution in [2.45, 2.75) is 70.9 Å². The summed E-state index contributed by atoms with van der Waals surface area (Å²) in [6.07, 6.45) is 3.31. The molecule has 134 valence electrons. The number of piperidine rings is 1. The summed E-state index contributed by atoms with van der Waals surface area (Å²) < 4.78 is 5.74. The Labute approximate surface area is 146 Å². The van der Waals surface area contributed by atoms with E-state index in [4.69, 9.17) is 4.74 Å². The first kappa shape index (κ1) is 18.8. The highest BCUT2D eigenvalue weighted by Crippen LogP contribution is 2.24. The van der Waals surface area contributed by atoms with Crippen molar-refractivity contribution in [1.29, 1.82) is 0 Å². The summed E-state index contributed by atoms with van der Waals surface area (Å²) in [7, 11) is 0. The van der Waals surface area contributed by atoms with Gasteiger partial charge in [-0.05, 0) is 55.8 Å². The molecule has 0 radical (unpaired) electrons. The van der Waals surface area contributed by atoms with Gasteiger partial charge in [-0.2, -0.15) is 0 Å². The van der Waals surface area contributed by atoms with Crippen molar-refractivity contribution in [3.63, 3.8) is 0 Å². The van der Waals surface area contributed by atoms with Crippen LogP contribution in [0.3, 0.4) is 0 Å². The fourth-order valence-corrected chi connectivity index (χ4v) is 3.04. The van der Waals surface area contributed by atoms with E-state index in [1.54, 1.807) is 0 Å². The van der Waals surface area contributed by atoms with Crippen LogP contribution >= 0.6 is 0 Å². The zero-order chi connectivity index (χ0) is 17.6. The molecule has 1 fully saturated rings. The Bertz CT molecular complexity index is 519. The van der Waals surface area contributed by atoms with Crippen LogP contribution in [0, 0.1) is 0 Å². The van der Waals surface area contributed by atoms with Crippen molar-refractivity contribution in [3.05, 3.63) is 29.8 Å². The van der Waals surface area contributed by atoms with E-state index in [2.05, 4.69) is 50.5 Å². The number of carbonyl (C=O) groups excluding carboxylic acids is 1. The summed E-state index contributed by atoms with van der Waals surface area (Å²) in [6.45, 7) is 10.3. The number of hydrogen-bond donors (Lipinski definition) is 2. The van der Waals surface area contributed by atoms with Crippen molar-refractivity contribution < 1.29 is 9.53 Å². The number of nitrogens with one attached hydrogen (secondary N) is 2. The van der Waals surface area contributed by atoms with Gasteiger partial charge in [0, 0.05) is 18.5 Å². The average Bonchev–Trinajstić information content (AvgIpc) is 2.51. The molecule has 2 unspecified atom stereocenters. The summed E-state index contributed by atoms with van der Waals surface area (Å²) in [5.41, 5.74) is 1.45. The van der Waals surface area contributed by atoms with E-state index < -0.39 is 0 Å². The summed E-state index contributed by atoms with van der Waals surface area (Å²) in [6, 6.07) is 9.05. The second-order valence-corrected chi connectivity index (χ2v) is 7.87. The van der Waals surface area contributed by atoms with Crippen LogP contribution in [0.2, 0.25) is 0 Å². The molecule has 1 aliphatic heterocycles. The van der Waals surface area contributed by atoms with Crippen LogP contribution in [0.1, 0.15) is 58.9 Å². The van der Waals surface area contributed by atoms with Gasteiger partial charge in [-0.25, -0.2) is 0 Å². The van der Waals surface area contributed by atoms with Crippen LogP contribution in [0.15, 0.2) is 24.3 Å². The highest BCUT2D eigenvalue weighted by Gasteiger charge is 2.19. The average molecular weight is 332 g/mol. The minimum Gasteiger partial charge on any atom is -0.494 e. The summed E-state index contributed by atoms with van der Waals surface area (Å²) in [5, 5.41) is 6.53. The first-order chi connectivity index (χ1) is 11.3. The Morgan fingerprint density at radius 3 is 2.62 bits per heavy atom. The fourth-order valence-electron chi connectivity index (χ4n) is 3.04. The number of hydrogen-bond acceptors (Lipinski definition) is 3. The maximum atomic E-state index is 12.0. The molecule has 24 heavy (non-hydrogen) atoms. The highest BCUT2D eigenvalue weighted by atomic mass is 16.5. The lowest BCUT2D eigenvalue weighted by Crippen LogP contribution is -2.46. The second kappa shape index (κ2) is 8.52. The molecular weight excluding hydrogens is 300 g/mol. The Hall–Kier alpha value is -1.55. The fraction of sp³-hybridized carbons (Fsp3) is 0.650. The van der Waals surface area contributed by atoms with Gasteiger partial charge in [-0.1, -0.05) is 32.9 Å². The zero-order valence-corrected chi connectivity index (χ0v) is 15.5. The predicted octanol–water partition coefficient (Wildman–Crippen LogP) is 3.40. The lowest BCUT2D eigenvalue weighted by Gasteiger charge is -2.28. The number of ether oxygens (including phenoxy) is 1. The van der Waals surface area contributed by atoms with Gasteiger partial charge in [0.25, 0.3) is 0 Å². The van der Waals surface area contributed by atoms with Gasteiger partial charge in [-0.3, -0.25) is 4.79 Å². The second-order valence-electron chi connectivity index (χ2n) is 7.87. The maximum Gasteiger partial charge on any atom is 0.220 e. The molecule has 4 heteroatoms. The normalized spacial score (nSPS) is 21.3. The zero-order valence-electron chi connectivity index (χ0n) is 15.5. The van der Waals surface area contributed by atoms with Gasteiger partial charge in [-0.15, -0.1) is 0 Å². The topological polar surface area (TPSA) is 50.4 Å². The number of benzene rings is 1. The van der Waals surface area contributed by atoms with Crippen LogP contribution < -0.4 is 15.4 Å². The van der Waals surface area contributed by atoms with Gasteiger partial charge in [0.1, 0.15) is 5.75 Å². The molecule has 1 aromatic carbocycles. The quantitative estimate of drug-likeness (QED) is 0.785. The molecule has 0 aromatic heterocycles. The van der Waals surface area contributed by atoms with Crippen LogP contribution in [-0.4, -0.2) is 31.1 Å². The summed E-state index contributed by atoms with van der Waals surface area (Å²) in [5.74, 6) is 1.01. The molecule has 2 atom stereocenters. The largest absolute Gasteiger partial charge is 0.494 e. The molecule has 0 saturated carbocycles.